The smallest absolute Gasteiger partial charge is 0.224 e. The van der Waals surface area contributed by atoms with Crippen LogP contribution in [-0.4, -0.2) is 41.9 Å². The standard InChI is InChI=1S/C21H25ClN2O2/c1-2-26-20-9-4-3-7-18(20)16-23-11-10-21(25)24(13-12-23)15-17-6-5-8-19(22)14-17/h3-9,14H,2,10-13,15-16H2,1H3. The molecule has 1 fully saturated rings. The Morgan fingerprint density at radius 3 is 2.69 bits per heavy atom. The molecule has 1 aliphatic rings. The monoisotopic (exact) mass is 372 g/mol. The Morgan fingerprint density at radius 1 is 1.04 bits per heavy atom. The zero-order valence-electron chi connectivity index (χ0n) is 15.2. The molecule has 2 aromatic rings. The van der Waals surface area contributed by atoms with Gasteiger partial charge in [0, 0.05) is 49.7 Å². The van der Waals surface area contributed by atoms with Crippen LogP contribution < -0.4 is 4.74 Å². The Hall–Kier alpha value is -2.04. The number of para-hydroxylation sites is 1. The van der Waals surface area contributed by atoms with Crippen LogP contribution in [-0.2, 0) is 17.9 Å². The van der Waals surface area contributed by atoms with Crippen molar-refractivity contribution in [3.05, 3.63) is 64.7 Å². The molecule has 1 saturated heterocycles. The minimum Gasteiger partial charge on any atom is -0.494 e. The van der Waals surface area contributed by atoms with Gasteiger partial charge in [-0.25, -0.2) is 0 Å². The van der Waals surface area contributed by atoms with Crippen molar-refractivity contribution in [1.82, 2.24) is 9.80 Å². The fraction of sp³-hybridized carbons (Fsp3) is 0.381. The molecule has 2 aromatic carbocycles. The van der Waals surface area contributed by atoms with Gasteiger partial charge in [0.25, 0.3) is 0 Å². The van der Waals surface area contributed by atoms with Crippen molar-refractivity contribution in [3.8, 4) is 5.75 Å². The second kappa shape index (κ2) is 9.06. The number of rotatable bonds is 6. The van der Waals surface area contributed by atoms with Gasteiger partial charge < -0.3 is 9.64 Å². The molecular formula is C21H25ClN2O2. The van der Waals surface area contributed by atoms with Crippen LogP contribution in [0.15, 0.2) is 48.5 Å². The van der Waals surface area contributed by atoms with E-state index >= 15 is 0 Å². The number of amides is 1. The summed E-state index contributed by atoms with van der Waals surface area (Å²) in [5.74, 6) is 1.13. The van der Waals surface area contributed by atoms with Gasteiger partial charge in [0.15, 0.2) is 0 Å². The van der Waals surface area contributed by atoms with Gasteiger partial charge in [-0.15, -0.1) is 0 Å². The average Bonchev–Trinajstić information content (AvgIpc) is 2.80. The topological polar surface area (TPSA) is 32.8 Å². The van der Waals surface area contributed by atoms with Crippen molar-refractivity contribution >= 4 is 17.5 Å². The van der Waals surface area contributed by atoms with Gasteiger partial charge in [0.2, 0.25) is 5.91 Å². The Labute approximate surface area is 160 Å². The number of ether oxygens (including phenoxy) is 1. The molecule has 138 valence electrons. The summed E-state index contributed by atoms with van der Waals surface area (Å²) < 4.78 is 5.73. The van der Waals surface area contributed by atoms with E-state index in [4.69, 9.17) is 16.3 Å². The van der Waals surface area contributed by atoms with Crippen molar-refractivity contribution in [2.24, 2.45) is 0 Å². The molecule has 1 heterocycles. The summed E-state index contributed by atoms with van der Waals surface area (Å²) in [6.07, 6.45) is 0.539. The first-order valence-corrected chi connectivity index (χ1v) is 9.49. The first-order chi connectivity index (χ1) is 12.7. The molecule has 0 aliphatic carbocycles. The second-order valence-electron chi connectivity index (χ2n) is 6.51. The van der Waals surface area contributed by atoms with Gasteiger partial charge in [-0.1, -0.05) is 41.9 Å². The maximum absolute atomic E-state index is 12.5. The average molecular weight is 373 g/mol. The number of carbonyl (C=O) groups is 1. The molecular weight excluding hydrogens is 348 g/mol. The van der Waals surface area contributed by atoms with E-state index in [0.29, 0.717) is 24.6 Å². The van der Waals surface area contributed by atoms with E-state index in [2.05, 4.69) is 11.0 Å². The highest BCUT2D eigenvalue weighted by Crippen LogP contribution is 2.21. The van der Waals surface area contributed by atoms with Crippen LogP contribution in [0.4, 0.5) is 0 Å². The normalized spacial score (nSPS) is 15.8. The van der Waals surface area contributed by atoms with Gasteiger partial charge in [-0.05, 0) is 30.7 Å². The van der Waals surface area contributed by atoms with Crippen LogP contribution in [0.25, 0.3) is 0 Å². The quantitative estimate of drug-likeness (QED) is 0.769. The van der Waals surface area contributed by atoms with E-state index in [1.807, 2.05) is 54.3 Å². The predicted molar refractivity (Wildman–Crippen MR) is 104 cm³/mol. The number of nitrogens with zero attached hydrogens (tertiary/aromatic N) is 2. The Morgan fingerprint density at radius 2 is 1.88 bits per heavy atom. The zero-order valence-corrected chi connectivity index (χ0v) is 15.9. The summed E-state index contributed by atoms with van der Waals surface area (Å²) in [6, 6.07) is 15.9. The Balaban J connectivity index is 1.63. The summed E-state index contributed by atoms with van der Waals surface area (Å²) in [5, 5.41) is 0.707. The lowest BCUT2D eigenvalue weighted by Gasteiger charge is -2.23. The minimum atomic E-state index is 0.200. The minimum absolute atomic E-state index is 0.200. The highest BCUT2D eigenvalue weighted by Gasteiger charge is 2.21. The zero-order chi connectivity index (χ0) is 18.4. The van der Waals surface area contributed by atoms with Crippen LogP contribution >= 0.6 is 11.6 Å². The summed E-state index contributed by atoms with van der Waals surface area (Å²) >= 11 is 6.06. The maximum atomic E-state index is 12.5. The van der Waals surface area contributed by atoms with Crippen molar-refractivity contribution in [3.63, 3.8) is 0 Å². The third-order valence-corrected chi connectivity index (χ3v) is 4.84. The largest absolute Gasteiger partial charge is 0.494 e. The van der Waals surface area contributed by atoms with E-state index < -0.39 is 0 Å². The van der Waals surface area contributed by atoms with E-state index in [-0.39, 0.29) is 5.91 Å². The Bertz CT molecular complexity index is 750. The first kappa shape index (κ1) is 18.7. The lowest BCUT2D eigenvalue weighted by molar-refractivity contribution is -0.130. The molecule has 0 saturated carbocycles. The summed E-state index contributed by atoms with van der Waals surface area (Å²) in [4.78, 5) is 16.8. The van der Waals surface area contributed by atoms with E-state index in [1.165, 1.54) is 5.56 Å². The van der Waals surface area contributed by atoms with Crippen LogP contribution in [0.2, 0.25) is 5.02 Å². The summed E-state index contributed by atoms with van der Waals surface area (Å²) in [6.45, 7) is 6.41. The molecule has 3 rings (SSSR count). The van der Waals surface area contributed by atoms with E-state index in [9.17, 15) is 4.79 Å². The molecule has 1 aliphatic heterocycles. The SMILES string of the molecule is CCOc1ccccc1CN1CCC(=O)N(Cc2cccc(Cl)c2)CC1. The second-order valence-corrected chi connectivity index (χ2v) is 6.95. The van der Waals surface area contributed by atoms with Crippen molar-refractivity contribution in [1.29, 1.82) is 0 Å². The maximum Gasteiger partial charge on any atom is 0.224 e. The van der Waals surface area contributed by atoms with Crippen LogP contribution in [0.1, 0.15) is 24.5 Å². The fourth-order valence-corrected chi connectivity index (χ4v) is 3.48. The number of halogens is 1. The van der Waals surface area contributed by atoms with Gasteiger partial charge in [0.1, 0.15) is 5.75 Å². The molecule has 0 aromatic heterocycles. The lowest BCUT2D eigenvalue weighted by Crippen LogP contribution is -2.32. The number of carbonyl (C=O) groups excluding carboxylic acids is 1. The highest BCUT2D eigenvalue weighted by atomic mass is 35.5. The summed E-state index contributed by atoms with van der Waals surface area (Å²) in [5.41, 5.74) is 2.24. The fourth-order valence-electron chi connectivity index (χ4n) is 3.26. The molecule has 4 nitrogen and oxygen atoms in total. The van der Waals surface area contributed by atoms with E-state index in [0.717, 1.165) is 37.5 Å². The van der Waals surface area contributed by atoms with Crippen LogP contribution in [0.5, 0.6) is 5.75 Å². The molecule has 0 unspecified atom stereocenters. The first-order valence-electron chi connectivity index (χ1n) is 9.11. The third kappa shape index (κ3) is 4.99. The molecule has 0 atom stereocenters. The third-order valence-electron chi connectivity index (χ3n) is 4.61. The van der Waals surface area contributed by atoms with Gasteiger partial charge in [-0.3, -0.25) is 9.69 Å². The predicted octanol–water partition coefficient (Wildman–Crippen LogP) is 3.97. The molecule has 26 heavy (non-hydrogen) atoms. The molecule has 0 bridgehead atoms. The molecule has 1 amide bonds. The van der Waals surface area contributed by atoms with E-state index in [1.54, 1.807) is 0 Å². The highest BCUT2D eigenvalue weighted by molar-refractivity contribution is 6.30. The Kier molecular flexibility index (Phi) is 6.53. The number of hydrogen-bond acceptors (Lipinski definition) is 3. The molecule has 0 N–H and O–H groups in total. The summed E-state index contributed by atoms with van der Waals surface area (Å²) in [7, 11) is 0. The molecule has 0 radical (unpaired) electrons. The lowest BCUT2D eigenvalue weighted by atomic mass is 10.2. The van der Waals surface area contributed by atoms with Crippen molar-refractivity contribution in [2.75, 3.05) is 26.2 Å². The van der Waals surface area contributed by atoms with Gasteiger partial charge in [-0.2, -0.15) is 0 Å². The number of benzene rings is 2. The van der Waals surface area contributed by atoms with Gasteiger partial charge in [0.05, 0.1) is 6.61 Å². The molecule has 0 spiro atoms. The van der Waals surface area contributed by atoms with Crippen LogP contribution in [0.3, 0.4) is 0 Å². The van der Waals surface area contributed by atoms with Gasteiger partial charge >= 0.3 is 0 Å². The molecule has 5 heteroatoms. The van der Waals surface area contributed by atoms with Crippen molar-refractivity contribution < 1.29 is 9.53 Å². The number of hydrogen-bond donors (Lipinski definition) is 0. The van der Waals surface area contributed by atoms with Crippen molar-refractivity contribution in [2.45, 2.75) is 26.4 Å². The van der Waals surface area contributed by atoms with Crippen LogP contribution in [0, 0.1) is 0 Å².